The highest BCUT2D eigenvalue weighted by Gasteiger charge is 2.29. The molecular formula is C25H26ClN3O3S. The van der Waals surface area contributed by atoms with E-state index in [2.05, 4.69) is 10.2 Å². The number of hydrogen-bond acceptors (Lipinski definition) is 4. The maximum absolute atomic E-state index is 13.3. The van der Waals surface area contributed by atoms with Crippen LogP contribution in [0.5, 0.6) is 0 Å². The Morgan fingerprint density at radius 3 is 2.27 bits per heavy atom. The molecule has 1 heterocycles. The first-order valence-electron chi connectivity index (χ1n) is 10.7. The minimum atomic E-state index is -3.72. The van der Waals surface area contributed by atoms with Crippen molar-refractivity contribution in [2.24, 2.45) is 0 Å². The first-order chi connectivity index (χ1) is 15.8. The van der Waals surface area contributed by atoms with Gasteiger partial charge in [0.15, 0.2) is 0 Å². The molecular weight excluding hydrogens is 458 g/mol. The second-order valence-electron chi connectivity index (χ2n) is 8.15. The number of piperazine rings is 1. The summed E-state index contributed by atoms with van der Waals surface area (Å²) in [6, 6.07) is 19.8. The maximum atomic E-state index is 13.3. The van der Waals surface area contributed by atoms with Crippen molar-refractivity contribution in [1.29, 1.82) is 0 Å². The van der Waals surface area contributed by atoms with Crippen LogP contribution in [-0.4, -0.2) is 44.8 Å². The Morgan fingerprint density at radius 1 is 0.909 bits per heavy atom. The van der Waals surface area contributed by atoms with Gasteiger partial charge in [-0.2, -0.15) is 4.31 Å². The summed E-state index contributed by atoms with van der Waals surface area (Å²) in [5, 5.41) is 3.26. The summed E-state index contributed by atoms with van der Waals surface area (Å²) in [6.07, 6.45) is 0. The van der Waals surface area contributed by atoms with Crippen molar-refractivity contribution >= 4 is 38.9 Å². The molecule has 0 unspecified atom stereocenters. The number of carbonyl (C=O) groups is 1. The number of amides is 1. The topological polar surface area (TPSA) is 69.7 Å². The normalized spacial score (nSPS) is 14.8. The van der Waals surface area contributed by atoms with Crippen molar-refractivity contribution in [2.45, 2.75) is 18.7 Å². The zero-order chi connectivity index (χ0) is 23.6. The summed E-state index contributed by atoms with van der Waals surface area (Å²) in [7, 11) is -3.72. The van der Waals surface area contributed by atoms with E-state index >= 15 is 0 Å². The lowest BCUT2D eigenvalue weighted by molar-refractivity contribution is 0.102. The van der Waals surface area contributed by atoms with E-state index in [1.165, 1.54) is 16.4 Å². The predicted molar refractivity (Wildman–Crippen MR) is 133 cm³/mol. The van der Waals surface area contributed by atoms with Crippen molar-refractivity contribution in [1.82, 2.24) is 4.31 Å². The van der Waals surface area contributed by atoms with Gasteiger partial charge in [0.1, 0.15) is 0 Å². The molecule has 1 saturated heterocycles. The summed E-state index contributed by atoms with van der Waals surface area (Å²) in [4.78, 5) is 15.2. The minimum Gasteiger partial charge on any atom is -0.369 e. The zero-order valence-electron chi connectivity index (χ0n) is 18.6. The number of sulfonamides is 1. The molecule has 33 heavy (non-hydrogen) atoms. The van der Waals surface area contributed by atoms with Gasteiger partial charge in [0.05, 0.1) is 15.6 Å². The molecule has 1 N–H and O–H groups in total. The van der Waals surface area contributed by atoms with Crippen LogP contribution in [-0.2, 0) is 10.0 Å². The number of nitrogens with zero attached hydrogens (tertiary/aromatic N) is 2. The van der Waals surface area contributed by atoms with Crippen LogP contribution in [0.1, 0.15) is 21.5 Å². The Morgan fingerprint density at radius 2 is 1.61 bits per heavy atom. The Labute approximate surface area is 199 Å². The number of hydrogen-bond donors (Lipinski definition) is 1. The average molecular weight is 484 g/mol. The molecule has 172 valence electrons. The maximum Gasteiger partial charge on any atom is 0.255 e. The molecule has 0 radical (unpaired) electrons. The van der Waals surface area contributed by atoms with Crippen LogP contribution < -0.4 is 10.2 Å². The Balaban J connectivity index is 1.49. The summed E-state index contributed by atoms with van der Waals surface area (Å²) in [6.45, 7) is 5.77. The standard InChI is InChI=1S/C25H26ClN3O3S/c1-18-15-19(2)24(23(26)16-18)27-25(30)20-7-6-10-22(17-20)33(31,32)29-13-11-28(12-14-29)21-8-4-3-5-9-21/h3-10,15-17H,11-14H2,1-2H3,(H,27,30). The van der Waals surface area contributed by atoms with Crippen LogP contribution in [0, 0.1) is 13.8 Å². The average Bonchev–Trinajstić information content (AvgIpc) is 2.82. The van der Waals surface area contributed by atoms with Gasteiger partial charge in [-0.15, -0.1) is 0 Å². The first-order valence-corrected chi connectivity index (χ1v) is 12.6. The number of para-hydroxylation sites is 1. The molecule has 1 aliphatic rings. The van der Waals surface area contributed by atoms with Crippen LogP contribution in [0.15, 0.2) is 71.6 Å². The van der Waals surface area contributed by atoms with Crippen molar-refractivity contribution in [3.8, 4) is 0 Å². The summed E-state index contributed by atoms with van der Waals surface area (Å²) in [5.41, 5.74) is 3.70. The lowest BCUT2D eigenvalue weighted by Gasteiger charge is -2.35. The number of anilines is 2. The summed E-state index contributed by atoms with van der Waals surface area (Å²) >= 11 is 6.31. The van der Waals surface area contributed by atoms with E-state index in [-0.39, 0.29) is 10.5 Å². The van der Waals surface area contributed by atoms with Gasteiger partial charge in [0.2, 0.25) is 10.0 Å². The van der Waals surface area contributed by atoms with Crippen LogP contribution >= 0.6 is 11.6 Å². The number of carbonyl (C=O) groups excluding carboxylic acids is 1. The van der Waals surface area contributed by atoms with E-state index in [1.54, 1.807) is 18.2 Å². The molecule has 0 aromatic heterocycles. The number of aryl methyl sites for hydroxylation is 2. The van der Waals surface area contributed by atoms with Crippen LogP contribution in [0.3, 0.4) is 0 Å². The SMILES string of the molecule is Cc1cc(C)c(NC(=O)c2cccc(S(=O)(=O)N3CCN(c4ccccc4)CC3)c2)c(Cl)c1. The smallest absolute Gasteiger partial charge is 0.255 e. The molecule has 6 nitrogen and oxygen atoms in total. The van der Waals surface area contributed by atoms with Gasteiger partial charge < -0.3 is 10.2 Å². The van der Waals surface area contributed by atoms with Crippen molar-refractivity contribution < 1.29 is 13.2 Å². The molecule has 4 rings (SSSR count). The molecule has 0 saturated carbocycles. The second kappa shape index (κ2) is 9.55. The molecule has 0 bridgehead atoms. The number of halogens is 1. The van der Waals surface area contributed by atoms with E-state index in [4.69, 9.17) is 11.6 Å². The number of rotatable bonds is 5. The van der Waals surface area contributed by atoms with E-state index in [0.717, 1.165) is 16.8 Å². The number of nitrogens with one attached hydrogen (secondary N) is 1. The number of benzene rings is 3. The van der Waals surface area contributed by atoms with E-state index in [0.29, 0.717) is 36.9 Å². The first kappa shape index (κ1) is 23.3. The molecule has 0 aliphatic carbocycles. The highest BCUT2D eigenvalue weighted by atomic mass is 35.5. The molecule has 8 heteroatoms. The molecule has 3 aromatic rings. The van der Waals surface area contributed by atoms with Crippen molar-refractivity contribution in [3.05, 3.63) is 88.4 Å². The van der Waals surface area contributed by atoms with E-state index in [9.17, 15) is 13.2 Å². The fraction of sp³-hybridized carbons (Fsp3) is 0.240. The van der Waals surface area contributed by atoms with Gasteiger partial charge in [-0.25, -0.2) is 8.42 Å². The monoisotopic (exact) mass is 483 g/mol. The van der Waals surface area contributed by atoms with E-state index in [1.807, 2.05) is 50.2 Å². The van der Waals surface area contributed by atoms with Crippen LogP contribution in [0.2, 0.25) is 5.02 Å². The van der Waals surface area contributed by atoms with Gasteiger partial charge in [-0.1, -0.05) is 41.9 Å². The third-order valence-corrected chi connectivity index (χ3v) is 7.96. The molecule has 3 aromatic carbocycles. The zero-order valence-corrected chi connectivity index (χ0v) is 20.2. The Kier molecular flexibility index (Phi) is 6.74. The van der Waals surface area contributed by atoms with Gasteiger partial charge in [0.25, 0.3) is 5.91 Å². The lowest BCUT2D eigenvalue weighted by Crippen LogP contribution is -2.48. The minimum absolute atomic E-state index is 0.107. The molecule has 0 atom stereocenters. The summed E-state index contributed by atoms with van der Waals surface area (Å²) in [5.74, 6) is -0.408. The van der Waals surface area contributed by atoms with Gasteiger partial charge in [0, 0.05) is 37.4 Å². The molecule has 1 fully saturated rings. The van der Waals surface area contributed by atoms with Gasteiger partial charge in [-0.3, -0.25) is 4.79 Å². The Hall–Kier alpha value is -2.87. The summed E-state index contributed by atoms with van der Waals surface area (Å²) < 4.78 is 28.0. The third-order valence-electron chi connectivity index (χ3n) is 5.76. The molecule has 1 amide bonds. The highest BCUT2D eigenvalue weighted by molar-refractivity contribution is 7.89. The molecule has 1 aliphatic heterocycles. The van der Waals surface area contributed by atoms with Gasteiger partial charge in [-0.05, 0) is 61.4 Å². The highest BCUT2D eigenvalue weighted by Crippen LogP contribution is 2.28. The molecule has 0 spiro atoms. The van der Waals surface area contributed by atoms with Crippen LogP contribution in [0.4, 0.5) is 11.4 Å². The fourth-order valence-corrected chi connectivity index (χ4v) is 5.87. The largest absolute Gasteiger partial charge is 0.369 e. The fourth-order valence-electron chi connectivity index (χ4n) is 4.03. The van der Waals surface area contributed by atoms with Crippen molar-refractivity contribution in [3.63, 3.8) is 0 Å². The van der Waals surface area contributed by atoms with E-state index < -0.39 is 15.9 Å². The third kappa shape index (κ3) is 5.05. The van der Waals surface area contributed by atoms with Crippen LogP contribution in [0.25, 0.3) is 0 Å². The Bertz CT molecular complexity index is 1250. The second-order valence-corrected chi connectivity index (χ2v) is 10.5. The van der Waals surface area contributed by atoms with Crippen molar-refractivity contribution in [2.75, 3.05) is 36.4 Å². The van der Waals surface area contributed by atoms with Gasteiger partial charge >= 0.3 is 0 Å². The quantitative estimate of drug-likeness (QED) is 0.570. The predicted octanol–water partition coefficient (Wildman–Crippen LogP) is 4.72. The lowest BCUT2D eigenvalue weighted by atomic mass is 10.1.